The van der Waals surface area contributed by atoms with Gasteiger partial charge in [0.25, 0.3) is 11.5 Å². The van der Waals surface area contributed by atoms with Crippen molar-refractivity contribution < 1.29 is 4.79 Å². The fraction of sp³-hybridized carbons (Fsp3) is 0.118. The number of nitrogens with one attached hydrogen (secondary N) is 1. The molecule has 1 aromatic carbocycles. The summed E-state index contributed by atoms with van der Waals surface area (Å²) in [6, 6.07) is 11.7. The van der Waals surface area contributed by atoms with Gasteiger partial charge in [0.1, 0.15) is 6.33 Å². The lowest BCUT2D eigenvalue weighted by Gasteiger charge is -2.09. The van der Waals surface area contributed by atoms with E-state index in [-0.39, 0.29) is 24.6 Å². The quantitative estimate of drug-likeness (QED) is 0.495. The second kappa shape index (κ2) is 7.61. The van der Waals surface area contributed by atoms with Crippen molar-refractivity contribution in [3.05, 3.63) is 77.1 Å². The maximum absolute atomic E-state index is 12.4. The average Bonchev–Trinajstić information content (AvgIpc) is 3.44. The summed E-state index contributed by atoms with van der Waals surface area (Å²) in [6.07, 6.45) is 4.80. The van der Waals surface area contributed by atoms with Crippen LogP contribution in [0.1, 0.15) is 10.4 Å². The highest BCUT2D eigenvalue weighted by molar-refractivity contribution is 5.94. The smallest absolute Gasteiger partial charge is 0.266 e. The highest BCUT2D eigenvalue weighted by Gasteiger charge is 2.08. The highest BCUT2D eigenvalue weighted by atomic mass is 16.2. The van der Waals surface area contributed by atoms with Crippen LogP contribution in [-0.4, -0.2) is 52.2 Å². The summed E-state index contributed by atoms with van der Waals surface area (Å²) in [4.78, 5) is 24.4. The molecule has 0 fully saturated rings. The van der Waals surface area contributed by atoms with Crippen LogP contribution in [0.5, 0.6) is 0 Å². The van der Waals surface area contributed by atoms with Crippen LogP contribution < -0.4 is 10.9 Å². The van der Waals surface area contributed by atoms with E-state index in [1.165, 1.54) is 21.8 Å². The van der Waals surface area contributed by atoms with Gasteiger partial charge in [0.2, 0.25) is 0 Å². The van der Waals surface area contributed by atoms with Gasteiger partial charge in [0.05, 0.1) is 12.2 Å². The zero-order valence-electron chi connectivity index (χ0n) is 14.6. The Hall–Kier alpha value is -4.15. The fourth-order valence-corrected chi connectivity index (χ4v) is 2.57. The lowest BCUT2D eigenvalue weighted by atomic mass is 10.2. The molecule has 140 valence electrons. The number of nitrogens with zero attached hydrogens (tertiary/aromatic N) is 8. The monoisotopic (exact) mass is 377 g/mol. The third kappa shape index (κ3) is 3.67. The molecule has 0 aliphatic carbocycles. The van der Waals surface area contributed by atoms with Gasteiger partial charge in [-0.05, 0) is 40.8 Å². The Morgan fingerprint density at radius 1 is 1.11 bits per heavy atom. The van der Waals surface area contributed by atoms with Crippen molar-refractivity contribution in [1.82, 2.24) is 45.1 Å². The number of benzene rings is 1. The molecule has 0 bridgehead atoms. The minimum atomic E-state index is -0.272. The molecule has 0 aliphatic rings. The molecule has 1 amide bonds. The first-order valence-corrected chi connectivity index (χ1v) is 8.40. The van der Waals surface area contributed by atoms with Crippen LogP contribution in [-0.2, 0) is 6.54 Å². The van der Waals surface area contributed by atoms with E-state index in [9.17, 15) is 9.59 Å². The molecule has 0 unspecified atom stereocenters. The molecule has 11 nitrogen and oxygen atoms in total. The summed E-state index contributed by atoms with van der Waals surface area (Å²) in [5.74, 6) is 0.247. The Balaban J connectivity index is 1.42. The van der Waals surface area contributed by atoms with E-state index in [4.69, 9.17) is 0 Å². The molecule has 3 heterocycles. The molecule has 0 saturated carbocycles. The van der Waals surface area contributed by atoms with E-state index < -0.39 is 0 Å². The van der Waals surface area contributed by atoms with Crippen LogP contribution in [0.25, 0.3) is 11.5 Å². The summed E-state index contributed by atoms with van der Waals surface area (Å²) in [5.41, 5.74) is 0.867. The van der Waals surface area contributed by atoms with Gasteiger partial charge < -0.3 is 5.32 Å². The number of carbonyl (C=O) groups is 1. The Morgan fingerprint density at radius 3 is 2.82 bits per heavy atom. The van der Waals surface area contributed by atoms with Crippen molar-refractivity contribution in [3.63, 3.8) is 0 Å². The van der Waals surface area contributed by atoms with Gasteiger partial charge in [-0.3, -0.25) is 9.59 Å². The first-order chi connectivity index (χ1) is 13.7. The summed E-state index contributed by atoms with van der Waals surface area (Å²) in [5, 5.41) is 22.1. The van der Waals surface area contributed by atoms with Crippen LogP contribution in [0.3, 0.4) is 0 Å². The topological polar surface area (TPSA) is 125 Å². The van der Waals surface area contributed by atoms with E-state index in [1.54, 1.807) is 53.5 Å². The van der Waals surface area contributed by atoms with E-state index in [0.717, 1.165) is 0 Å². The second-order valence-electron chi connectivity index (χ2n) is 5.76. The molecule has 0 aliphatic heterocycles. The SMILES string of the molecule is O=C(NCCn1nc(-n2cccn2)ccc1=O)c1cccc(-n2cnnn2)c1. The van der Waals surface area contributed by atoms with Crippen LogP contribution in [0.15, 0.2) is 66.0 Å². The Morgan fingerprint density at radius 2 is 2.04 bits per heavy atom. The number of rotatable bonds is 6. The minimum Gasteiger partial charge on any atom is -0.350 e. The maximum Gasteiger partial charge on any atom is 0.266 e. The average molecular weight is 377 g/mol. The predicted molar refractivity (Wildman–Crippen MR) is 97.1 cm³/mol. The molecular weight excluding hydrogens is 362 g/mol. The molecule has 3 aromatic heterocycles. The van der Waals surface area contributed by atoms with Crippen molar-refractivity contribution in [2.75, 3.05) is 6.54 Å². The third-order valence-electron chi connectivity index (χ3n) is 3.92. The molecule has 1 N–H and O–H groups in total. The minimum absolute atomic E-state index is 0.229. The second-order valence-corrected chi connectivity index (χ2v) is 5.76. The lowest BCUT2D eigenvalue weighted by molar-refractivity contribution is 0.0951. The number of amides is 1. The zero-order chi connectivity index (χ0) is 19.3. The number of hydrogen-bond acceptors (Lipinski definition) is 7. The molecule has 0 atom stereocenters. The molecule has 0 spiro atoms. The van der Waals surface area contributed by atoms with Crippen molar-refractivity contribution in [2.24, 2.45) is 0 Å². The summed E-state index contributed by atoms with van der Waals surface area (Å²) in [7, 11) is 0. The molecular formula is C17H15N9O2. The van der Waals surface area contributed by atoms with E-state index in [1.807, 2.05) is 0 Å². The van der Waals surface area contributed by atoms with Crippen molar-refractivity contribution in [3.8, 4) is 11.5 Å². The highest BCUT2D eigenvalue weighted by Crippen LogP contribution is 2.08. The van der Waals surface area contributed by atoms with Crippen LogP contribution in [0, 0.1) is 0 Å². The van der Waals surface area contributed by atoms with Crippen LogP contribution in [0.4, 0.5) is 0 Å². The summed E-state index contributed by atoms with van der Waals surface area (Å²) < 4.78 is 4.30. The zero-order valence-corrected chi connectivity index (χ0v) is 14.6. The maximum atomic E-state index is 12.4. The first kappa shape index (κ1) is 17.3. The summed E-state index contributed by atoms with van der Waals surface area (Å²) >= 11 is 0. The van der Waals surface area contributed by atoms with Crippen molar-refractivity contribution >= 4 is 5.91 Å². The van der Waals surface area contributed by atoms with Crippen molar-refractivity contribution in [2.45, 2.75) is 6.54 Å². The number of hydrogen-bond donors (Lipinski definition) is 1. The van der Waals surface area contributed by atoms with Gasteiger partial charge in [0, 0.05) is 30.6 Å². The molecule has 4 rings (SSSR count). The van der Waals surface area contributed by atoms with E-state index in [2.05, 4.69) is 31.0 Å². The third-order valence-corrected chi connectivity index (χ3v) is 3.92. The number of aromatic nitrogens is 8. The molecule has 28 heavy (non-hydrogen) atoms. The Kier molecular flexibility index (Phi) is 4.70. The van der Waals surface area contributed by atoms with E-state index >= 15 is 0 Å². The normalized spacial score (nSPS) is 10.7. The Labute approximate surface area is 158 Å². The van der Waals surface area contributed by atoms with Gasteiger partial charge in [-0.25, -0.2) is 14.0 Å². The standard InChI is InChI=1S/C17H15N9O2/c27-16-6-5-15(24-9-2-7-20-24)21-25(16)10-8-18-17(28)13-3-1-4-14(11-13)26-12-19-22-23-26/h1-7,9,11-12H,8,10H2,(H,18,28). The molecule has 0 saturated heterocycles. The molecule has 4 aromatic rings. The fourth-order valence-electron chi connectivity index (χ4n) is 2.57. The largest absolute Gasteiger partial charge is 0.350 e. The van der Waals surface area contributed by atoms with Gasteiger partial charge in [0.15, 0.2) is 5.82 Å². The lowest BCUT2D eigenvalue weighted by Crippen LogP contribution is -2.32. The number of tetrazole rings is 1. The van der Waals surface area contributed by atoms with Crippen LogP contribution >= 0.6 is 0 Å². The van der Waals surface area contributed by atoms with Gasteiger partial charge >= 0.3 is 0 Å². The Bertz CT molecular complexity index is 1130. The summed E-state index contributed by atoms with van der Waals surface area (Å²) in [6.45, 7) is 0.468. The van der Waals surface area contributed by atoms with Crippen LogP contribution in [0.2, 0.25) is 0 Å². The van der Waals surface area contributed by atoms with Gasteiger partial charge in [-0.2, -0.15) is 5.10 Å². The van der Waals surface area contributed by atoms with Gasteiger partial charge in [-0.15, -0.1) is 10.2 Å². The molecule has 11 heteroatoms. The first-order valence-electron chi connectivity index (χ1n) is 8.40. The van der Waals surface area contributed by atoms with E-state index in [0.29, 0.717) is 17.1 Å². The van der Waals surface area contributed by atoms with Gasteiger partial charge in [-0.1, -0.05) is 6.07 Å². The number of carbonyl (C=O) groups excluding carboxylic acids is 1. The predicted octanol–water partition coefficient (Wildman–Crippen LogP) is -0.165. The molecule has 0 radical (unpaired) electrons. The van der Waals surface area contributed by atoms with Crippen molar-refractivity contribution in [1.29, 1.82) is 0 Å².